The predicted octanol–water partition coefficient (Wildman–Crippen LogP) is 3.03. The highest BCUT2D eigenvalue weighted by Gasteiger charge is 2.32. The smallest absolute Gasteiger partial charge is 0.223 e. The molecule has 0 aromatic heterocycles. The third-order valence-electron chi connectivity index (χ3n) is 5.51. The van der Waals surface area contributed by atoms with E-state index < -0.39 is 9.84 Å². The number of hydrogen-bond donors (Lipinski definition) is 0. The van der Waals surface area contributed by atoms with E-state index in [4.69, 9.17) is 0 Å². The maximum atomic E-state index is 13.1. The molecule has 1 fully saturated rings. The number of rotatable bonds is 4. The van der Waals surface area contributed by atoms with Crippen molar-refractivity contribution < 1.29 is 18.0 Å². The normalized spacial score (nSPS) is 22.3. The molecule has 0 bridgehead atoms. The average Bonchev–Trinajstić information content (AvgIpc) is 3.01. The lowest BCUT2D eigenvalue weighted by Gasteiger charge is -2.35. The summed E-state index contributed by atoms with van der Waals surface area (Å²) in [6.45, 7) is 7.53. The van der Waals surface area contributed by atoms with Crippen molar-refractivity contribution in [3.05, 3.63) is 22.2 Å². The molecule has 0 saturated carbocycles. The molecule has 0 aliphatic carbocycles. The van der Waals surface area contributed by atoms with Crippen LogP contribution in [0.3, 0.4) is 0 Å². The summed E-state index contributed by atoms with van der Waals surface area (Å²) >= 11 is 3.38. The number of benzene rings is 1. The van der Waals surface area contributed by atoms with E-state index in [9.17, 15) is 18.0 Å². The van der Waals surface area contributed by atoms with Crippen LogP contribution in [0.5, 0.6) is 0 Å². The fraction of sp³-hybridized carbons (Fsp3) is 0.600. The van der Waals surface area contributed by atoms with Gasteiger partial charge in [-0.1, -0.05) is 29.8 Å². The lowest BCUT2D eigenvalue weighted by Crippen LogP contribution is -2.43. The monoisotopic (exact) mass is 470 g/mol. The Bertz CT molecular complexity index is 890. The van der Waals surface area contributed by atoms with Gasteiger partial charge in [-0.25, -0.2) is 8.42 Å². The second-order valence-electron chi connectivity index (χ2n) is 8.15. The summed E-state index contributed by atoms with van der Waals surface area (Å²) in [5.41, 5.74) is 1.32. The number of sulfone groups is 1. The highest BCUT2D eigenvalue weighted by atomic mass is 79.9. The summed E-state index contributed by atoms with van der Waals surface area (Å²) in [7, 11) is -3.71. The van der Waals surface area contributed by atoms with Crippen molar-refractivity contribution in [1.82, 2.24) is 4.90 Å². The molecule has 2 aliphatic heterocycles. The van der Waals surface area contributed by atoms with Crippen LogP contribution in [0.1, 0.15) is 39.2 Å². The van der Waals surface area contributed by atoms with Gasteiger partial charge in [0.25, 0.3) is 0 Å². The van der Waals surface area contributed by atoms with Crippen LogP contribution in [0.15, 0.2) is 21.5 Å². The molecule has 2 aliphatic rings. The molecule has 0 spiro atoms. The van der Waals surface area contributed by atoms with Crippen LogP contribution in [0.2, 0.25) is 0 Å². The van der Waals surface area contributed by atoms with Crippen LogP contribution < -0.4 is 4.90 Å². The van der Waals surface area contributed by atoms with Gasteiger partial charge in [0.15, 0.2) is 9.84 Å². The highest BCUT2D eigenvalue weighted by Crippen LogP contribution is 2.38. The van der Waals surface area contributed by atoms with Crippen molar-refractivity contribution in [2.75, 3.05) is 30.3 Å². The van der Waals surface area contributed by atoms with Crippen LogP contribution in [0.4, 0.5) is 5.69 Å². The summed E-state index contributed by atoms with van der Waals surface area (Å²) in [6, 6.07) is 3.41. The molecule has 2 atom stereocenters. The minimum absolute atomic E-state index is 0.0386. The van der Waals surface area contributed by atoms with Gasteiger partial charge in [0.1, 0.15) is 0 Å². The Balaban J connectivity index is 1.80. The molecular formula is C20H27BrN2O4S. The zero-order valence-corrected chi connectivity index (χ0v) is 19.0. The maximum absolute atomic E-state index is 13.1. The Morgan fingerprint density at radius 2 is 1.82 bits per heavy atom. The van der Waals surface area contributed by atoms with Gasteiger partial charge in [-0.05, 0) is 42.4 Å². The molecule has 154 valence electrons. The molecule has 3 rings (SSSR count). The second-order valence-corrected chi connectivity index (χ2v) is 11.1. The van der Waals surface area contributed by atoms with E-state index in [0.717, 1.165) is 12.0 Å². The van der Waals surface area contributed by atoms with E-state index in [0.29, 0.717) is 48.1 Å². The fourth-order valence-electron chi connectivity index (χ4n) is 4.38. The van der Waals surface area contributed by atoms with Crippen LogP contribution in [0, 0.1) is 11.8 Å². The Hall–Kier alpha value is -1.41. The first kappa shape index (κ1) is 21.3. The van der Waals surface area contributed by atoms with Crippen molar-refractivity contribution in [1.29, 1.82) is 0 Å². The van der Waals surface area contributed by atoms with Gasteiger partial charge < -0.3 is 9.80 Å². The van der Waals surface area contributed by atoms with Gasteiger partial charge in [-0.15, -0.1) is 0 Å². The van der Waals surface area contributed by atoms with Crippen LogP contribution in [-0.4, -0.2) is 50.5 Å². The Morgan fingerprint density at radius 1 is 1.18 bits per heavy atom. The quantitative estimate of drug-likeness (QED) is 0.677. The first-order valence-corrected chi connectivity index (χ1v) is 12.1. The minimum Gasteiger partial charge on any atom is -0.342 e. The van der Waals surface area contributed by atoms with Crippen molar-refractivity contribution in [3.63, 3.8) is 0 Å². The summed E-state index contributed by atoms with van der Waals surface area (Å²) in [5, 5.41) is 0. The molecule has 1 aromatic carbocycles. The lowest BCUT2D eigenvalue weighted by atomic mass is 9.92. The van der Waals surface area contributed by atoms with E-state index in [1.54, 1.807) is 11.0 Å². The van der Waals surface area contributed by atoms with Gasteiger partial charge >= 0.3 is 0 Å². The van der Waals surface area contributed by atoms with E-state index in [-0.39, 0.29) is 28.9 Å². The summed E-state index contributed by atoms with van der Waals surface area (Å²) < 4.78 is 26.9. The largest absolute Gasteiger partial charge is 0.342 e. The zero-order chi connectivity index (χ0) is 20.6. The van der Waals surface area contributed by atoms with Crippen molar-refractivity contribution in [2.24, 2.45) is 11.8 Å². The third-order valence-corrected chi connectivity index (χ3v) is 7.70. The number of carbonyl (C=O) groups excluding carboxylic acids is 2. The van der Waals surface area contributed by atoms with Crippen molar-refractivity contribution in [2.45, 2.75) is 44.9 Å². The van der Waals surface area contributed by atoms with Gasteiger partial charge in [0, 0.05) is 37.5 Å². The van der Waals surface area contributed by atoms with Gasteiger partial charge in [0.05, 0.1) is 16.3 Å². The lowest BCUT2D eigenvalue weighted by molar-refractivity contribution is -0.133. The standard InChI is InChI=1S/C20H27BrN2O4S/c1-13-8-14(2)12-22(11-13)19(25)5-7-28(26,27)18-10-17(21)9-16-4-6-23(15(3)24)20(16)18/h9-10,13-14H,4-8,11-12H2,1-3H3/t13-,14-/m1/s1. The van der Waals surface area contributed by atoms with Gasteiger partial charge in [-0.3, -0.25) is 9.59 Å². The Labute approximate surface area is 175 Å². The molecule has 28 heavy (non-hydrogen) atoms. The van der Waals surface area contributed by atoms with E-state index in [1.165, 1.54) is 11.8 Å². The molecule has 6 nitrogen and oxygen atoms in total. The summed E-state index contributed by atoms with van der Waals surface area (Å²) in [5.74, 6) is 0.324. The summed E-state index contributed by atoms with van der Waals surface area (Å²) in [6.07, 6.45) is 1.68. The van der Waals surface area contributed by atoms with E-state index >= 15 is 0 Å². The molecular weight excluding hydrogens is 444 g/mol. The van der Waals surface area contributed by atoms with Crippen molar-refractivity contribution in [3.8, 4) is 0 Å². The molecule has 1 saturated heterocycles. The molecule has 0 radical (unpaired) electrons. The van der Waals surface area contributed by atoms with E-state index in [1.807, 2.05) is 6.07 Å². The number of piperidine rings is 1. The molecule has 0 N–H and O–H groups in total. The van der Waals surface area contributed by atoms with Gasteiger partial charge in [0.2, 0.25) is 11.8 Å². The highest BCUT2D eigenvalue weighted by molar-refractivity contribution is 9.10. The zero-order valence-electron chi connectivity index (χ0n) is 16.6. The number of nitrogens with zero attached hydrogens (tertiary/aromatic N) is 2. The number of halogens is 1. The number of likely N-dealkylation sites (tertiary alicyclic amines) is 1. The van der Waals surface area contributed by atoms with Gasteiger partial charge in [-0.2, -0.15) is 0 Å². The average molecular weight is 471 g/mol. The number of anilines is 1. The molecule has 8 heteroatoms. The molecule has 2 amide bonds. The number of amides is 2. The van der Waals surface area contributed by atoms with Crippen LogP contribution >= 0.6 is 15.9 Å². The van der Waals surface area contributed by atoms with Crippen LogP contribution in [0.25, 0.3) is 0 Å². The number of fused-ring (bicyclic) bond motifs is 1. The molecule has 2 heterocycles. The van der Waals surface area contributed by atoms with E-state index in [2.05, 4.69) is 29.8 Å². The molecule has 0 unspecified atom stereocenters. The number of hydrogen-bond acceptors (Lipinski definition) is 4. The fourth-order valence-corrected chi connectivity index (χ4v) is 6.54. The third kappa shape index (κ3) is 4.43. The predicted molar refractivity (Wildman–Crippen MR) is 112 cm³/mol. The maximum Gasteiger partial charge on any atom is 0.223 e. The Morgan fingerprint density at radius 3 is 2.43 bits per heavy atom. The minimum atomic E-state index is -3.71. The first-order chi connectivity index (χ1) is 13.1. The molecule has 1 aromatic rings. The van der Waals surface area contributed by atoms with Crippen molar-refractivity contribution >= 4 is 43.3 Å². The Kier molecular flexibility index (Phi) is 6.20. The topological polar surface area (TPSA) is 74.8 Å². The first-order valence-electron chi connectivity index (χ1n) is 9.69. The van der Waals surface area contributed by atoms with Crippen LogP contribution in [-0.2, 0) is 25.8 Å². The number of carbonyl (C=O) groups is 2. The SMILES string of the molecule is CC(=O)N1CCc2cc(Br)cc(S(=O)(=O)CCC(=O)N3C[C@H](C)C[C@@H](C)C3)c21. The summed E-state index contributed by atoms with van der Waals surface area (Å²) in [4.78, 5) is 28.0. The second kappa shape index (κ2) is 8.14.